The van der Waals surface area contributed by atoms with Crippen LogP contribution in [0.15, 0.2) is 30.3 Å². The number of ether oxygens (including phenoxy) is 2. The molecule has 3 N–H and O–H groups in total. The molecular weight excluding hydrogens is 326 g/mol. The third kappa shape index (κ3) is 8.07. The van der Waals surface area contributed by atoms with Gasteiger partial charge in [-0.2, -0.15) is 0 Å². The van der Waals surface area contributed by atoms with Crippen molar-refractivity contribution in [2.75, 3.05) is 12.4 Å². The van der Waals surface area contributed by atoms with Crippen molar-refractivity contribution < 1.29 is 33.5 Å². The highest BCUT2D eigenvalue weighted by atomic mass is 32.2. The highest BCUT2D eigenvalue weighted by molar-refractivity contribution is 7.93. The van der Waals surface area contributed by atoms with E-state index in [1.54, 1.807) is 24.3 Å². The van der Waals surface area contributed by atoms with E-state index in [2.05, 4.69) is 5.32 Å². The smallest absolute Gasteiger partial charge is 0.408 e. The van der Waals surface area contributed by atoms with Gasteiger partial charge in [-0.25, -0.2) is 9.59 Å². The van der Waals surface area contributed by atoms with Crippen LogP contribution in [0.1, 0.15) is 12.0 Å². The topological polar surface area (TPSA) is 122 Å². The Morgan fingerprint density at radius 2 is 1.87 bits per heavy atom. The molecule has 1 atom stereocenters. The number of hydrogen-bond donors (Lipinski definition) is 3. The molecule has 0 saturated heterocycles. The van der Waals surface area contributed by atoms with Crippen LogP contribution < -0.4 is 5.32 Å². The van der Waals surface area contributed by atoms with Crippen LogP contribution in [0, 0.1) is 0 Å². The Morgan fingerprint density at radius 1 is 1.17 bits per heavy atom. The van der Waals surface area contributed by atoms with Gasteiger partial charge in [0.25, 0.3) is 0 Å². The quantitative estimate of drug-likeness (QED) is 0.455. The lowest BCUT2D eigenvalue weighted by Crippen LogP contribution is -2.44. The Labute approximate surface area is 137 Å². The normalized spacial score (nSPS) is 11.3. The Bertz CT molecular complexity index is 523. The van der Waals surface area contributed by atoms with Crippen LogP contribution in [0.2, 0.25) is 0 Å². The molecule has 1 aromatic carbocycles. The molecule has 9 heteroatoms. The van der Waals surface area contributed by atoms with Gasteiger partial charge in [0.2, 0.25) is 0 Å². The highest BCUT2D eigenvalue weighted by Gasteiger charge is 2.22. The summed E-state index contributed by atoms with van der Waals surface area (Å²) in [6, 6.07) is 7.46. The third-order valence-electron chi connectivity index (χ3n) is 2.61. The highest BCUT2D eigenvalue weighted by Crippen LogP contribution is 2.01. The first kappa shape index (κ1) is 18.8. The second-order valence-electron chi connectivity index (χ2n) is 4.36. The van der Waals surface area contributed by atoms with Gasteiger partial charge in [0.05, 0.1) is 6.42 Å². The minimum Gasteiger partial charge on any atom is -0.480 e. The van der Waals surface area contributed by atoms with Crippen LogP contribution in [0.25, 0.3) is 0 Å². The number of amides is 1. The van der Waals surface area contributed by atoms with E-state index in [9.17, 15) is 14.4 Å². The van der Waals surface area contributed by atoms with Crippen LogP contribution >= 0.6 is 12.0 Å². The van der Waals surface area contributed by atoms with Gasteiger partial charge in [-0.1, -0.05) is 30.3 Å². The molecule has 0 aromatic heterocycles. The number of carbonyl (C=O) groups excluding carboxylic acids is 2. The molecule has 0 radical (unpaired) electrons. The van der Waals surface area contributed by atoms with Crippen LogP contribution in [-0.4, -0.2) is 46.1 Å². The van der Waals surface area contributed by atoms with Crippen molar-refractivity contribution in [1.82, 2.24) is 5.32 Å². The standard InChI is InChI=1S/C14H17NO7S/c16-12(6-7-23-20)21-9-11(13(17)18)15-14(19)22-8-10-4-2-1-3-5-10/h1-5,11,20H,6-9H2,(H,15,19)(H,17,18). The number of benzene rings is 1. The predicted octanol–water partition coefficient (Wildman–Crippen LogP) is 1.51. The van der Waals surface area contributed by atoms with Crippen LogP contribution in [0.4, 0.5) is 4.79 Å². The van der Waals surface area contributed by atoms with Crippen molar-refractivity contribution in [3.8, 4) is 0 Å². The van der Waals surface area contributed by atoms with E-state index in [1.807, 2.05) is 6.07 Å². The number of alkyl carbamates (subject to hydrolysis) is 1. The molecule has 1 rings (SSSR count). The number of nitrogens with one attached hydrogen (secondary N) is 1. The molecule has 0 spiro atoms. The number of aliphatic carboxylic acids is 1. The fourth-order valence-electron chi connectivity index (χ4n) is 1.46. The first-order valence-corrected chi connectivity index (χ1v) is 7.59. The van der Waals surface area contributed by atoms with Gasteiger partial charge in [-0.05, 0) is 17.6 Å². The van der Waals surface area contributed by atoms with Crippen molar-refractivity contribution in [1.29, 1.82) is 0 Å². The van der Waals surface area contributed by atoms with Crippen molar-refractivity contribution in [3.63, 3.8) is 0 Å². The molecule has 0 bridgehead atoms. The lowest BCUT2D eigenvalue weighted by Gasteiger charge is -2.14. The van der Waals surface area contributed by atoms with E-state index in [-0.39, 0.29) is 18.8 Å². The zero-order valence-corrected chi connectivity index (χ0v) is 13.0. The molecule has 0 fully saturated rings. The number of hydrogen-bond acceptors (Lipinski definition) is 7. The monoisotopic (exact) mass is 343 g/mol. The fraction of sp³-hybridized carbons (Fsp3) is 0.357. The van der Waals surface area contributed by atoms with Gasteiger partial charge in [0, 0.05) is 5.75 Å². The Morgan fingerprint density at radius 3 is 2.48 bits per heavy atom. The van der Waals surface area contributed by atoms with Crippen molar-refractivity contribution >= 4 is 30.1 Å². The van der Waals surface area contributed by atoms with Gasteiger partial charge >= 0.3 is 18.0 Å². The van der Waals surface area contributed by atoms with Gasteiger partial charge < -0.3 is 24.4 Å². The molecule has 0 saturated carbocycles. The molecule has 0 aliphatic heterocycles. The summed E-state index contributed by atoms with van der Waals surface area (Å²) in [7, 11) is 0. The zero-order chi connectivity index (χ0) is 17.1. The maximum absolute atomic E-state index is 11.6. The third-order valence-corrected chi connectivity index (χ3v) is 3.00. The van der Waals surface area contributed by atoms with Gasteiger partial charge in [0.15, 0.2) is 6.04 Å². The molecule has 1 unspecified atom stereocenters. The van der Waals surface area contributed by atoms with E-state index >= 15 is 0 Å². The molecule has 8 nitrogen and oxygen atoms in total. The van der Waals surface area contributed by atoms with Crippen LogP contribution in [0.5, 0.6) is 0 Å². The summed E-state index contributed by atoms with van der Waals surface area (Å²) in [6.07, 6.45) is -0.991. The summed E-state index contributed by atoms with van der Waals surface area (Å²) in [6.45, 7) is -0.531. The molecule has 23 heavy (non-hydrogen) atoms. The van der Waals surface area contributed by atoms with E-state index in [1.165, 1.54) is 0 Å². The van der Waals surface area contributed by atoms with Crippen molar-refractivity contribution in [3.05, 3.63) is 35.9 Å². The molecule has 0 aliphatic rings. The number of carboxylic acids is 1. The van der Waals surface area contributed by atoms with Gasteiger partial charge in [-0.15, -0.1) is 0 Å². The second kappa shape index (κ2) is 10.5. The number of esters is 1. The fourth-order valence-corrected chi connectivity index (χ4v) is 1.72. The summed E-state index contributed by atoms with van der Waals surface area (Å²) in [5.74, 6) is -1.88. The van der Waals surface area contributed by atoms with Crippen LogP contribution in [-0.2, 0) is 25.7 Å². The molecule has 0 heterocycles. The first-order chi connectivity index (χ1) is 11.0. The molecular formula is C14H17NO7S. The second-order valence-corrected chi connectivity index (χ2v) is 5.03. The summed E-state index contributed by atoms with van der Waals surface area (Å²) in [4.78, 5) is 33.8. The minimum absolute atomic E-state index is 0.00742. The summed E-state index contributed by atoms with van der Waals surface area (Å²) >= 11 is 0.479. The van der Waals surface area contributed by atoms with E-state index in [0.29, 0.717) is 12.0 Å². The number of rotatable bonds is 9. The molecule has 1 amide bonds. The Hall–Kier alpha value is -2.26. The van der Waals surface area contributed by atoms with Gasteiger partial charge in [-0.3, -0.25) is 4.79 Å². The SMILES string of the molecule is O=C(CCSO)OCC(NC(=O)OCc1ccccc1)C(=O)O. The van der Waals surface area contributed by atoms with E-state index in [4.69, 9.17) is 19.1 Å². The van der Waals surface area contributed by atoms with Crippen molar-refractivity contribution in [2.24, 2.45) is 0 Å². The summed E-state index contributed by atoms with van der Waals surface area (Å²) in [5, 5.41) is 11.1. The maximum atomic E-state index is 11.6. The molecule has 0 aliphatic carbocycles. The summed E-state index contributed by atoms with van der Waals surface area (Å²) < 4.78 is 18.1. The number of carbonyl (C=O) groups is 3. The van der Waals surface area contributed by atoms with Crippen LogP contribution in [0.3, 0.4) is 0 Å². The maximum Gasteiger partial charge on any atom is 0.408 e. The average molecular weight is 343 g/mol. The minimum atomic E-state index is -1.41. The predicted molar refractivity (Wildman–Crippen MR) is 81.8 cm³/mol. The Balaban J connectivity index is 2.38. The lowest BCUT2D eigenvalue weighted by atomic mass is 10.2. The first-order valence-electron chi connectivity index (χ1n) is 6.65. The number of carboxylic acid groups (broad SMARTS) is 1. The Kier molecular flexibility index (Phi) is 8.55. The lowest BCUT2D eigenvalue weighted by molar-refractivity contribution is -0.148. The molecule has 1 aromatic rings. The van der Waals surface area contributed by atoms with E-state index in [0.717, 1.165) is 5.56 Å². The van der Waals surface area contributed by atoms with Gasteiger partial charge in [0.1, 0.15) is 13.2 Å². The zero-order valence-electron chi connectivity index (χ0n) is 12.1. The molecule has 126 valence electrons. The largest absolute Gasteiger partial charge is 0.480 e. The van der Waals surface area contributed by atoms with E-state index < -0.39 is 30.7 Å². The summed E-state index contributed by atoms with van der Waals surface area (Å²) in [5.41, 5.74) is 0.752. The average Bonchev–Trinajstić information content (AvgIpc) is 2.55. The van der Waals surface area contributed by atoms with Crippen molar-refractivity contribution in [2.45, 2.75) is 19.1 Å².